The van der Waals surface area contributed by atoms with E-state index in [0.717, 1.165) is 0 Å². The van der Waals surface area contributed by atoms with Crippen molar-refractivity contribution >= 4 is 29.1 Å². The van der Waals surface area contributed by atoms with Gasteiger partial charge < -0.3 is 36.6 Å². The first-order valence-electron chi connectivity index (χ1n) is 14.5. The van der Waals surface area contributed by atoms with Crippen molar-refractivity contribution in [2.45, 2.75) is 76.3 Å². The van der Waals surface area contributed by atoms with Crippen LogP contribution in [0.1, 0.15) is 62.9 Å². The molecule has 0 bridgehead atoms. The fourth-order valence-electron chi connectivity index (χ4n) is 7.04. The normalized spacial score (nSPS) is 29.4. The molecule has 13 nitrogen and oxygen atoms in total. The zero-order chi connectivity index (χ0) is 33.4. The van der Waals surface area contributed by atoms with Gasteiger partial charge in [0.1, 0.15) is 17.1 Å². The Balaban J connectivity index is 1.87. The summed E-state index contributed by atoms with van der Waals surface area (Å²) < 4.78 is 0. The highest BCUT2D eigenvalue weighted by atomic mass is 16.4. The summed E-state index contributed by atoms with van der Waals surface area (Å²) in [4.78, 5) is 56.3. The third-order valence-corrected chi connectivity index (χ3v) is 9.60. The minimum atomic E-state index is -3.00. The SMILES string of the molecule is CCC(C(=O)Nc1ccc2c(c1O)C(=O)C1=C(O)C3(O)C(=O)C(C(N)=O)=C(O)[C@@H](N(C)C)C3C(O)C1C2C)N(C)C(C)(C)C. The molecule has 44 heavy (non-hydrogen) atoms. The number of anilines is 1. The Bertz CT molecular complexity index is 1510. The number of primary amides is 1. The second-order valence-electron chi connectivity index (χ2n) is 13.2. The number of phenolic OH excluding ortho intramolecular Hbond substituents is 1. The summed E-state index contributed by atoms with van der Waals surface area (Å²) in [7, 11) is 4.75. The summed E-state index contributed by atoms with van der Waals surface area (Å²) in [6, 6.07) is 1.06. The first kappa shape index (κ1) is 33.1. The molecule has 3 aliphatic rings. The number of ketones is 2. The highest BCUT2D eigenvalue weighted by Gasteiger charge is 2.67. The third kappa shape index (κ3) is 4.61. The molecule has 0 fully saturated rings. The molecule has 240 valence electrons. The van der Waals surface area contributed by atoms with Gasteiger partial charge in [-0.1, -0.05) is 19.9 Å². The molecule has 4 rings (SSSR count). The third-order valence-electron chi connectivity index (χ3n) is 9.60. The van der Waals surface area contributed by atoms with E-state index in [1.165, 1.54) is 31.1 Å². The molecule has 0 aromatic heterocycles. The molecule has 0 spiro atoms. The number of aliphatic hydroxyl groups excluding tert-OH is 3. The molecule has 7 atom stereocenters. The van der Waals surface area contributed by atoms with Crippen LogP contribution in [-0.2, 0) is 14.4 Å². The number of hydrogen-bond acceptors (Lipinski definition) is 11. The number of carbonyl (C=O) groups is 4. The van der Waals surface area contributed by atoms with Crippen LogP contribution in [0.15, 0.2) is 34.8 Å². The summed E-state index contributed by atoms with van der Waals surface area (Å²) in [5.74, 6) is -10.2. The van der Waals surface area contributed by atoms with Gasteiger partial charge in [-0.3, -0.25) is 29.0 Å². The first-order chi connectivity index (χ1) is 20.2. The van der Waals surface area contributed by atoms with E-state index in [1.54, 1.807) is 14.0 Å². The Morgan fingerprint density at radius 2 is 1.70 bits per heavy atom. The lowest BCUT2D eigenvalue weighted by molar-refractivity contribution is -0.162. The summed E-state index contributed by atoms with van der Waals surface area (Å²) in [5, 5.41) is 60.0. The average molecular weight is 615 g/mol. The largest absolute Gasteiger partial charge is 0.510 e. The molecule has 0 heterocycles. The fraction of sp³-hybridized carbons (Fsp3) is 0.548. The van der Waals surface area contributed by atoms with Crippen LogP contribution in [-0.4, -0.2) is 109 Å². The molecule has 3 aliphatic carbocycles. The first-order valence-corrected chi connectivity index (χ1v) is 14.5. The maximum Gasteiger partial charge on any atom is 0.255 e. The molecule has 6 unspecified atom stereocenters. The van der Waals surface area contributed by atoms with E-state index >= 15 is 0 Å². The van der Waals surface area contributed by atoms with Crippen LogP contribution in [0.2, 0.25) is 0 Å². The van der Waals surface area contributed by atoms with Crippen LogP contribution >= 0.6 is 0 Å². The van der Waals surface area contributed by atoms with Crippen molar-refractivity contribution in [3.05, 3.63) is 45.9 Å². The zero-order valence-corrected chi connectivity index (χ0v) is 26.2. The maximum absolute atomic E-state index is 14.1. The number of nitrogens with two attached hydrogens (primary N) is 1. The van der Waals surface area contributed by atoms with Gasteiger partial charge in [0.2, 0.25) is 11.7 Å². The average Bonchev–Trinajstić information content (AvgIpc) is 2.91. The van der Waals surface area contributed by atoms with Crippen molar-refractivity contribution < 1.29 is 44.7 Å². The number of carbonyl (C=O) groups excluding carboxylic acids is 4. The molecular formula is C31H42N4O9. The molecule has 0 radical (unpaired) electrons. The lowest BCUT2D eigenvalue weighted by atomic mass is 9.55. The predicted molar refractivity (Wildman–Crippen MR) is 160 cm³/mol. The van der Waals surface area contributed by atoms with E-state index in [1.807, 2.05) is 32.6 Å². The fourth-order valence-corrected chi connectivity index (χ4v) is 7.04. The van der Waals surface area contributed by atoms with Gasteiger partial charge in [0.15, 0.2) is 17.1 Å². The lowest BCUT2D eigenvalue weighted by Crippen LogP contribution is -2.68. The smallest absolute Gasteiger partial charge is 0.255 e. The Labute approximate surface area is 255 Å². The number of fused-ring (bicyclic) bond motifs is 3. The summed E-state index contributed by atoms with van der Waals surface area (Å²) >= 11 is 0. The summed E-state index contributed by atoms with van der Waals surface area (Å²) in [6.07, 6.45) is -1.23. The lowest BCUT2D eigenvalue weighted by Gasteiger charge is -2.53. The Kier molecular flexibility index (Phi) is 8.27. The van der Waals surface area contributed by atoms with Gasteiger partial charge in [-0.15, -0.1) is 0 Å². The van der Waals surface area contributed by atoms with Gasteiger partial charge >= 0.3 is 0 Å². The van der Waals surface area contributed by atoms with Crippen LogP contribution in [0.5, 0.6) is 5.75 Å². The monoisotopic (exact) mass is 614 g/mol. The zero-order valence-electron chi connectivity index (χ0n) is 26.2. The number of phenols is 1. The van der Waals surface area contributed by atoms with Crippen molar-refractivity contribution in [3.8, 4) is 5.75 Å². The minimum Gasteiger partial charge on any atom is -0.510 e. The number of likely N-dealkylation sites (N-methyl/N-ethyl adjacent to an activating group) is 2. The van der Waals surface area contributed by atoms with Crippen molar-refractivity contribution in [1.82, 2.24) is 9.80 Å². The number of hydrogen-bond donors (Lipinski definition) is 7. The van der Waals surface area contributed by atoms with Gasteiger partial charge in [-0.25, -0.2) is 0 Å². The van der Waals surface area contributed by atoms with Crippen LogP contribution < -0.4 is 11.1 Å². The number of aliphatic hydroxyl groups is 4. The standard InChI is InChI=1S/C31H42N4O9/c1-9-15(35(8)30(3,4)5)29(43)33-14-11-10-13-12(2)16-18(23(37)17(13)22(14)36)26(40)31(44)20(24(16)38)21(34(6)7)25(39)19(27(31)41)28(32)42/h10-12,15-16,20-21,24,36,38-40,44H,9H2,1-8H3,(H2,32,42)(H,33,43)/t12?,15?,16?,20?,21-,24?,31?/m0/s1. The second kappa shape index (κ2) is 11.0. The predicted octanol–water partition coefficient (Wildman–Crippen LogP) is 1.10. The van der Waals surface area contributed by atoms with Gasteiger partial charge in [0.25, 0.3) is 5.91 Å². The number of benzene rings is 1. The highest BCUT2D eigenvalue weighted by molar-refractivity contribution is 6.25. The molecule has 0 aliphatic heterocycles. The Hall–Kier alpha value is -3.78. The Morgan fingerprint density at radius 1 is 1.11 bits per heavy atom. The quantitative estimate of drug-likeness (QED) is 0.178. The molecule has 1 aromatic rings. The van der Waals surface area contributed by atoms with E-state index in [-0.39, 0.29) is 16.8 Å². The van der Waals surface area contributed by atoms with Crippen LogP contribution in [0.25, 0.3) is 0 Å². The van der Waals surface area contributed by atoms with Gasteiger partial charge in [-0.2, -0.15) is 0 Å². The highest BCUT2D eigenvalue weighted by Crippen LogP contribution is 2.56. The van der Waals surface area contributed by atoms with E-state index in [2.05, 4.69) is 5.32 Å². The van der Waals surface area contributed by atoms with Crippen molar-refractivity contribution in [2.24, 2.45) is 17.6 Å². The van der Waals surface area contributed by atoms with Crippen molar-refractivity contribution in [3.63, 3.8) is 0 Å². The van der Waals surface area contributed by atoms with E-state index < -0.39 is 93.3 Å². The molecule has 1 aromatic carbocycles. The van der Waals surface area contributed by atoms with Crippen molar-refractivity contribution in [1.29, 1.82) is 0 Å². The van der Waals surface area contributed by atoms with E-state index in [9.17, 15) is 44.7 Å². The number of amides is 2. The van der Waals surface area contributed by atoms with Gasteiger partial charge in [0.05, 0.1) is 35.4 Å². The number of rotatable bonds is 6. The van der Waals surface area contributed by atoms with Crippen LogP contribution in [0.4, 0.5) is 5.69 Å². The van der Waals surface area contributed by atoms with Gasteiger partial charge in [0, 0.05) is 17.0 Å². The number of nitrogens with one attached hydrogen (secondary N) is 1. The molecule has 2 amide bonds. The number of nitrogens with zero attached hydrogens (tertiary/aromatic N) is 2. The summed E-state index contributed by atoms with van der Waals surface area (Å²) in [6.45, 7) is 9.34. The molecule has 13 heteroatoms. The second-order valence-corrected chi connectivity index (χ2v) is 13.2. The van der Waals surface area contributed by atoms with E-state index in [0.29, 0.717) is 12.0 Å². The molecule has 8 N–H and O–H groups in total. The maximum atomic E-state index is 14.1. The summed E-state index contributed by atoms with van der Waals surface area (Å²) in [5.41, 5.74) is 0.489. The van der Waals surface area contributed by atoms with Crippen LogP contribution in [0, 0.1) is 11.8 Å². The minimum absolute atomic E-state index is 0.0631. The molecular weight excluding hydrogens is 572 g/mol. The van der Waals surface area contributed by atoms with Crippen molar-refractivity contribution in [2.75, 3.05) is 26.5 Å². The molecule has 0 saturated heterocycles. The number of aromatic hydroxyl groups is 1. The van der Waals surface area contributed by atoms with Crippen LogP contribution in [0.3, 0.4) is 0 Å². The number of Topliss-reactive ketones (excluding diaryl/α,β-unsaturated/α-hetero) is 2. The molecule has 0 saturated carbocycles. The van der Waals surface area contributed by atoms with Gasteiger partial charge in [-0.05, 0) is 65.9 Å². The Morgan fingerprint density at radius 3 is 2.20 bits per heavy atom. The van der Waals surface area contributed by atoms with E-state index in [4.69, 9.17) is 5.73 Å². The topological polar surface area (TPSA) is 214 Å².